The zero-order chi connectivity index (χ0) is 9.40. The highest BCUT2D eigenvalue weighted by molar-refractivity contribution is 5.66. The SMILES string of the molecule is CCOC=CC(C#N)OC(C)=O. The Morgan fingerprint density at radius 3 is 2.83 bits per heavy atom. The van der Waals surface area contributed by atoms with Crippen LogP contribution in [0.3, 0.4) is 0 Å². The monoisotopic (exact) mass is 169 g/mol. The van der Waals surface area contributed by atoms with Crippen LogP contribution in [0, 0.1) is 11.3 Å². The van der Waals surface area contributed by atoms with Gasteiger partial charge in [0, 0.05) is 13.0 Å². The Hall–Kier alpha value is -1.50. The molecule has 4 heteroatoms. The van der Waals surface area contributed by atoms with Gasteiger partial charge in [-0.1, -0.05) is 0 Å². The molecule has 12 heavy (non-hydrogen) atoms. The van der Waals surface area contributed by atoms with Crippen LogP contribution in [0.5, 0.6) is 0 Å². The number of esters is 1. The molecule has 0 radical (unpaired) electrons. The number of hydrogen-bond donors (Lipinski definition) is 0. The fourth-order valence-electron chi connectivity index (χ4n) is 0.511. The molecule has 0 heterocycles. The minimum atomic E-state index is -0.853. The normalized spacial score (nSPS) is 12.1. The van der Waals surface area contributed by atoms with E-state index >= 15 is 0 Å². The molecule has 0 aromatic carbocycles. The van der Waals surface area contributed by atoms with Crippen LogP contribution in [-0.2, 0) is 14.3 Å². The van der Waals surface area contributed by atoms with Gasteiger partial charge >= 0.3 is 5.97 Å². The lowest BCUT2D eigenvalue weighted by atomic mass is 10.4. The van der Waals surface area contributed by atoms with Crippen molar-refractivity contribution in [1.29, 1.82) is 5.26 Å². The average Bonchev–Trinajstić information content (AvgIpc) is 2.02. The average molecular weight is 169 g/mol. The molecule has 0 bridgehead atoms. The fourth-order valence-corrected chi connectivity index (χ4v) is 0.511. The van der Waals surface area contributed by atoms with Crippen molar-refractivity contribution in [3.63, 3.8) is 0 Å². The molecule has 66 valence electrons. The molecule has 0 aliphatic heterocycles. The predicted octanol–water partition coefficient (Wildman–Crippen LogP) is 0.992. The quantitative estimate of drug-likeness (QED) is 0.465. The Morgan fingerprint density at radius 1 is 1.75 bits per heavy atom. The summed E-state index contributed by atoms with van der Waals surface area (Å²) in [4.78, 5) is 10.4. The van der Waals surface area contributed by atoms with Gasteiger partial charge in [0.1, 0.15) is 6.07 Å². The van der Waals surface area contributed by atoms with E-state index in [4.69, 9.17) is 10.00 Å². The van der Waals surface area contributed by atoms with Gasteiger partial charge in [-0.25, -0.2) is 0 Å². The van der Waals surface area contributed by atoms with Crippen molar-refractivity contribution in [2.45, 2.75) is 20.0 Å². The number of nitrogens with zero attached hydrogens (tertiary/aromatic N) is 1. The summed E-state index contributed by atoms with van der Waals surface area (Å²) < 4.78 is 9.40. The molecule has 0 fully saturated rings. The maximum Gasteiger partial charge on any atom is 0.304 e. The van der Waals surface area contributed by atoms with E-state index in [1.54, 1.807) is 6.07 Å². The van der Waals surface area contributed by atoms with Crippen LogP contribution >= 0.6 is 0 Å². The highest BCUT2D eigenvalue weighted by Gasteiger charge is 2.04. The van der Waals surface area contributed by atoms with E-state index in [-0.39, 0.29) is 0 Å². The fraction of sp³-hybridized carbons (Fsp3) is 0.500. The minimum absolute atomic E-state index is 0.484. The maximum atomic E-state index is 10.4. The molecule has 0 aromatic rings. The van der Waals surface area contributed by atoms with Crippen LogP contribution in [0.1, 0.15) is 13.8 Å². The second-order valence-electron chi connectivity index (χ2n) is 1.94. The highest BCUT2D eigenvalue weighted by atomic mass is 16.5. The van der Waals surface area contributed by atoms with Gasteiger partial charge in [0.05, 0.1) is 12.9 Å². The van der Waals surface area contributed by atoms with Crippen molar-refractivity contribution in [3.8, 4) is 6.07 Å². The number of rotatable bonds is 4. The Bertz CT molecular complexity index is 205. The minimum Gasteiger partial charge on any atom is -0.502 e. The molecule has 0 spiro atoms. The summed E-state index contributed by atoms with van der Waals surface area (Å²) >= 11 is 0. The Morgan fingerprint density at radius 2 is 2.42 bits per heavy atom. The van der Waals surface area contributed by atoms with Crippen molar-refractivity contribution in [1.82, 2.24) is 0 Å². The smallest absolute Gasteiger partial charge is 0.304 e. The Labute approximate surface area is 71.4 Å². The zero-order valence-electron chi connectivity index (χ0n) is 7.11. The summed E-state index contributed by atoms with van der Waals surface area (Å²) in [5, 5.41) is 8.44. The maximum absolute atomic E-state index is 10.4. The van der Waals surface area contributed by atoms with Crippen LogP contribution < -0.4 is 0 Å². The molecular weight excluding hydrogens is 158 g/mol. The molecule has 0 saturated carbocycles. The number of hydrogen-bond acceptors (Lipinski definition) is 4. The second-order valence-corrected chi connectivity index (χ2v) is 1.94. The van der Waals surface area contributed by atoms with Crippen molar-refractivity contribution in [2.75, 3.05) is 6.61 Å². The lowest BCUT2D eigenvalue weighted by Gasteiger charge is -2.02. The topological polar surface area (TPSA) is 59.3 Å². The number of ether oxygens (including phenoxy) is 2. The van der Waals surface area contributed by atoms with Gasteiger partial charge < -0.3 is 9.47 Å². The van der Waals surface area contributed by atoms with Gasteiger partial charge in [0.25, 0.3) is 0 Å². The van der Waals surface area contributed by atoms with Crippen molar-refractivity contribution >= 4 is 5.97 Å². The Kier molecular flexibility index (Phi) is 5.45. The van der Waals surface area contributed by atoms with Gasteiger partial charge in [-0.2, -0.15) is 5.26 Å². The van der Waals surface area contributed by atoms with Crippen molar-refractivity contribution in [2.24, 2.45) is 0 Å². The third-order valence-corrected chi connectivity index (χ3v) is 0.936. The van der Waals surface area contributed by atoms with E-state index < -0.39 is 12.1 Å². The van der Waals surface area contributed by atoms with E-state index in [0.717, 1.165) is 0 Å². The summed E-state index contributed by atoms with van der Waals surface area (Å²) in [7, 11) is 0. The van der Waals surface area contributed by atoms with Gasteiger partial charge in [0.15, 0.2) is 0 Å². The van der Waals surface area contributed by atoms with Crippen molar-refractivity contribution < 1.29 is 14.3 Å². The summed E-state index contributed by atoms with van der Waals surface area (Å²) in [5.41, 5.74) is 0. The van der Waals surface area contributed by atoms with Gasteiger partial charge in [-0.3, -0.25) is 4.79 Å². The van der Waals surface area contributed by atoms with Crippen LogP contribution in [0.4, 0.5) is 0 Å². The molecule has 0 amide bonds. The molecule has 0 saturated heterocycles. The first-order valence-electron chi connectivity index (χ1n) is 3.55. The predicted molar refractivity (Wildman–Crippen MR) is 41.9 cm³/mol. The first-order chi connectivity index (χ1) is 5.70. The molecule has 4 nitrogen and oxygen atoms in total. The largest absolute Gasteiger partial charge is 0.502 e. The molecule has 1 unspecified atom stereocenters. The van der Waals surface area contributed by atoms with E-state index in [0.29, 0.717) is 6.61 Å². The summed E-state index contributed by atoms with van der Waals surface area (Å²) in [6, 6.07) is 1.78. The van der Waals surface area contributed by atoms with E-state index in [9.17, 15) is 4.79 Å². The molecular formula is C8H11NO3. The first kappa shape index (κ1) is 10.5. The molecule has 0 aliphatic rings. The highest BCUT2D eigenvalue weighted by Crippen LogP contribution is 1.93. The summed E-state index contributed by atoms with van der Waals surface area (Å²) in [6.07, 6.45) is 1.87. The lowest BCUT2D eigenvalue weighted by molar-refractivity contribution is -0.142. The van der Waals surface area contributed by atoms with E-state index in [1.807, 2.05) is 6.92 Å². The zero-order valence-corrected chi connectivity index (χ0v) is 7.11. The molecule has 0 aliphatic carbocycles. The van der Waals surface area contributed by atoms with E-state index in [2.05, 4.69) is 4.74 Å². The molecule has 1 atom stereocenters. The van der Waals surface area contributed by atoms with Crippen molar-refractivity contribution in [3.05, 3.63) is 12.3 Å². The van der Waals surface area contributed by atoms with Crippen LogP contribution in [0.15, 0.2) is 12.3 Å². The molecule has 0 aromatic heterocycles. The summed E-state index contributed by atoms with van der Waals surface area (Å²) in [5.74, 6) is -0.484. The van der Waals surface area contributed by atoms with Crippen LogP contribution in [0.25, 0.3) is 0 Å². The number of nitriles is 1. The number of carbonyl (C=O) groups is 1. The lowest BCUT2D eigenvalue weighted by Crippen LogP contribution is -2.10. The van der Waals surface area contributed by atoms with Gasteiger partial charge in [-0.15, -0.1) is 0 Å². The Balaban J connectivity index is 3.84. The standard InChI is InChI=1S/C8H11NO3/c1-3-11-5-4-8(6-9)12-7(2)10/h4-5,8H,3H2,1-2H3. The molecule has 0 rings (SSSR count). The first-order valence-corrected chi connectivity index (χ1v) is 3.55. The van der Waals surface area contributed by atoms with Gasteiger partial charge in [-0.05, 0) is 6.92 Å². The summed E-state index contributed by atoms with van der Waals surface area (Å²) in [6.45, 7) is 3.59. The third-order valence-electron chi connectivity index (χ3n) is 0.936. The van der Waals surface area contributed by atoms with E-state index in [1.165, 1.54) is 19.3 Å². The van der Waals surface area contributed by atoms with Gasteiger partial charge in [0.2, 0.25) is 6.10 Å². The van der Waals surface area contributed by atoms with Crippen LogP contribution in [0.2, 0.25) is 0 Å². The van der Waals surface area contributed by atoms with Crippen LogP contribution in [-0.4, -0.2) is 18.7 Å². The number of carbonyl (C=O) groups excluding carboxylic acids is 1. The third kappa shape index (κ3) is 5.30. The second kappa shape index (κ2) is 6.23. The molecule has 0 N–H and O–H groups in total.